The first-order chi connectivity index (χ1) is 15.1. The van der Waals surface area contributed by atoms with E-state index in [9.17, 15) is 24.3 Å². The number of rotatable bonds is 7. The number of carbonyl (C=O) groups excluding carboxylic acids is 3. The number of carboxylic acid groups (broad SMARTS) is 1. The molecule has 0 aromatic heterocycles. The number of hydrogen-bond acceptors (Lipinski definition) is 5. The fourth-order valence-corrected chi connectivity index (χ4v) is 3.68. The topological polar surface area (TPSA) is 157 Å². The third kappa shape index (κ3) is 4.02. The van der Waals surface area contributed by atoms with Gasteiger partial charge in [0.2, 0.25) is 5.91 Å². The Kier molecular flexibility index (Phi) is 5.97. The van der Waals surface area contributed by atoms with Crippen LogP contribution in [0.1, 0.15) is 43.0 Å². The molecule has 5 N–H and O–H groups in total. The molecular formula is C22H23N5O5. The average molecular weight is 437 g/mol. The average Bonchev–Trinajstić information content (AvgIpc) is 2.97. The van der Waals surface area contributed by atoms with Crippen LogP contribution in [0.5, 0.6) is 0 Å². The number of hydrogen-bond donors (Lipinski definition) is 4. The number of benzene rings is 2. The van der Waals surface area contributed by atoms with Crippen molar-refractivity contribution in [3.8, 4) is 0 Å². The summed E-state index contributed by atoms with van der Waals surface area (Å²) >= 11 is 0. The van der Waals surface area contributed by atoms with Crippen LogP contribution in [0.15, 0.2) is 54.6 Å². The first-order valence-electron chi connectivity index (χ1n) is 9.74. The highest BCUT2D eigenvalue weighted by atomic mass is 16.4. The van der Waals surface area contributed by atoms with E-state index in [1.807, 2.05) is 0 Å². The van der Waals surface area contributed by atoms with Crippen molar-refractivity contribution < 1.29 is 24.3 Å². The molecule has 3 rings (SSSR count). The van der Waals surface area contributed by atoms with Crippen LogP contribution < -0.4 is 11.1 Å². The van der Waals surface area contributed by atoms with Crippen LogP contribution >= 0.6 is 0 Å². The van der Waals surface area contributed by atoms with Crippen LogP contribution in [0.2, 0.25) is 0 Å². The molecule has 2 atom stereocenters. The number of amides is 4. The molecule has 1 heterocycles. The minimum atomic E-state index is -1.51. The number of hydrazine groups is 1. The van der Waals surface area contributed by atoms with Crippen molar-refractivity contribution in [2.24, 2.45) is 5.73 Å². The molecule has 32 heavy (non-hydrogen) atoms. The van der Waals surface area contributed by atoms with E-state index >= 15 is 0 Å². The Hall–Kier alpha value is -4.21. The number of urea groups is 1. The first kappa shape index (κ1) is 22.5. The van der Waals surface area contributed by atoms with Crippen LogP contribution in [0.4, 0.5) is 4.79 Å². The lowest BCUT2D eigenvalue weighted by atomic mass is 9.91. The maximum absolute atomic E-state index is 13.5. The second kappa shape index (κ2) is 8.50. The summed E-state index contributed by atoms with van der Waals surface area (Å²) in [6.07, 6.45) is -0.509. The van der Waals surface area contributed by atoms with Gasteiger partial charge in [-0.25, -0.2) is 9.80 Å². The van der Waals surface area contributed by atoms with Crippen LogP contribution in [0.25, 0.3) is 0 Å². The van der Waals surface area contributed by atoms with E-state index in [2.05, 4.69) is 5.32 Å². The Labute approximate surface area is 184 Å². The number of nitrogen functional groups attached to an aromatic ring is 1. The van der Waals surface area contributed by atoms with Gasteiger partial charge in [-0.2, -0.15) is 5.01 Å². The van der Waals surface area contributed by atoms with Gasteiger partial charge in [0.15, 0.2) is 0 Å². The quantitative estimate of drug-likeness (QED) is 0.293. The smallest absolute Gasteiger partial charge is 0.344 e. The van der Waals surface area contributed by atoms with Gasteiger partial charge in [-0.05, 0) is 18.1 Å². The van der Waals surface area contributed by atoms with Gasteiger partial charge < -0.3 is 16.2 Å². The molecule has 0 aliphatic carbocycles. The highest BCUT2D eigenvalue weighted by Crippen LogP contribution is 2.34. The Morgan fingerprint density at radius 1 is 1.16 bits per heavy atom. The molecule has 2 unspecified atom stereocenters. The third-order valence-electron chi connectivity index (χ3n) is 5.33. The van der Waals surface area contributed by atoms with E-state index in [0.717, 1.165) is 11.9 Å². The minimum Gasteiger partial charge on any atom is -0.481 e. The fourth-order valence-electron chi connectivity index (χ4n) is 3.68. The third-order valence-corrected chi connectivity index (χ3v) is 5.33. The molecule has 4 amide bonds. The summed E-state index contributed by atoms with van der Waals surface area (Å²) in [5.41, 5.74) is 5.29. The highest BCUT2D eigenvalue weighted by molar-refractivity contribution is 6.08. The number of amidine groups is 1. The van der Waals surface area contributed by atoms with Crippen LogP contribution in [0, 0.1) is 5.41 Å². The molecule has 1 fully saturated rings. The van der Waals surface area contributed by atoms with Gasteiger partial charge in [-0.1, -0.05) is 54.6 Å². The number of carbonyl (C=O) groups is 4. The van der Waals surface area contributed by atoms with Crippen molar-refractivity contribution in [3.05, 3.63) is 71.3 Å². The number of imide groups is 1. The maximum Gasteiger partial charge on any atom is 0.344 e. The number of carboxylic acids is 1. The molecule has 10 heteroatoms. The summed E-state index contributed by atoms with van der Waals surface area (Å²) in [4.78, 5) is 50.5. The first-order valence-corrected chi connectivity index (χ1v) is 9.74. The molecule has 0 bridgehead atoms. The summed E-state index contributed by atoms with van der Waals surface area (Å²) in [5, 5.41) is 21.1. The van der Waals surface area contributed by atoms with Crippen molar-refractivity contribution in [2.45, 2.75) is 31.8 Å². The lowest BCUT2D eigenvalue weighted by molar-refractivity contribution is -0.162. The zero-order valence-electron chi connectivity index (χ0n) is 17.5. The second-order valence-corrected chi connectivity index (χ2v) is 7.55. The number of nitrogens with one attached hydrogen (secondary N) is 2. The van der Waals surface area contributed by atoms with Gasteiger partial charge >= 0.3 is 12.0 Å². The number of nitrogens with zero attached hydrogens (tertiary/aromatic N) is 2. The molecule has 2 aromatic carbocycles. The lowest BCUT2D eigenvalue weighted by Crippen LogP contribution is -2.52. The van der Waals surface area contributed by atoms with Crippen LogP contribution in [-0.4, -0.2) is 44.8 Å². The van der Waals surface area contributed by atoms with E-state index in [1.165, 1.54) is 6.92 Å². The summed E-state index contributed by atoms with van der Waals surface area (Å²) < 4.78 is 0. The predicted octanol–water partition coefficient (Wildman–Crippen LogP) is 1.72. The monoisotopic (exact) mass is 437 g/mol. The Bertz CT molecular complexity index is 1090. The molecule has 1 aliphatic rings. The van der Waals surface area contributed by atoms with Crippen LogP contribution in [0.3, 0.4) is 0 Å². The van der Waals surface area contributed by atoms with Crippen LogP contribution in [-0.2, 0) is 19.9 Å². The Balaban J connectivity index is 2.04. The molecule has 1 aliphatic heterocycles. The molecule has 0 spiro atoms. The molecule has 1 saturated heterocycles. The summed E-state index contributed by atoms with van der Waals surface area (Å²) in [7, 11) is 0. The number of nitrogens with two attached hydrogens (primary N) is 1. The summed E-state index contributed by atoms with van der Waals surface area (Å²) in [6, 6.07) is 12.6. The normalized spacial score (nSPS) is 18.8. The van der Waals surface area contributed by atoms with E-state index < -0.39 is 41.8 Å². The lowest BCUT2D eigenvalue weighted by Gasteiger charge is -2.35. The van der Waals surface area contributed by atoms with E-state index in [1.54, 1.807) is 54.6 Å². The van der Waals surface area contributed by atoms with E-state index in [0.29, 0.717) is 21.7 Å². The van der Waals surface area contributed by atoms with Crippen molar-refractivity contribution in [1.29, 1.82) is 5.41 Å². The molecular weight excluding hydrogens is 414 g/mol. The van der Waals surface area contributed by atoms with Crippen molar-refractivity contribution in [1.82, 2.24) is 15.3 Å². The van der Waals surface area contributed by atoms with Gasteiger partial charge in [0.25, 0.3) is 5.91 Å². The standard InChI is InChI=1S/C22H23N5O5/c1-13(28)26(17(12-18(29)30)14-6-4-3-5-7-14)27-20(31)22(2,25-21(27)32)16-10-8-15(9-11-16)19(23)24/h3-11,17H,12H2,1-2H3,(H3,23,24)(H,25,32)(H,29,30). The van der Waals surface area contributed by atoms with Gasteiger partial charge in [-0.15, -0.1) is 0 Å². The molecule has 0 saturated carbocycles. The zero-order valence-corrected chi connectivity index (χ0v) is 17.5. The second-order valence-electron chi connectivity index (χ2n) is 7.55. The SMILES string of the molecule is CC(=O)N(C(CC(=O)O)c1ccccc1)N1C(=O)NC(C)(c2ccc(C(=N)N)cc2)C1=O. The van der Waals surface area contributed by atoms with Crippen molar-refractivity contribution in [2.75, 3.05) is 0 Å². The molecule has 10 nitrogen and oxygen atoms in total. The van der Waals surface area contributed by atoms with E-state index in [4.69, 9.17) is 11.1 Å². The number of aliphatic carboxylic acids is 1. The molecule has 166 valence electrons. The van der Waals surface area contributed by atoms with Gasteiger partial charge in [0.1, 0.15) is 11.4 Å². The predicted molar refractivity (Wildman–Crippen MR) is 114 cm³/mol. The largest absolute Gasteiger partial charge is 0.481 e. The maximum atomic E-state index is 13.5. The van der Waals surface area contributed by atoms with Gasteiger partial charge in [0.05, 0.1) is 12.5 Å². The highest BCUT2D eigenvalue weighted by Gasteiger charge is 2.53. The van der Waals surface area contributed by atoms with Gasteiger partial charge in [-0.3, -0.25) is 19.8 Å². The fraction of sp³-hybridized carbons (Fsp3) is 0.227. The minimum absolute atomic E-state index is 0.146. The van der Waals surface area contributed by atoms with Gasteiger partial charge in [0, 0.05) is 12.5 Å². The Morgan fingerprint density at radius 3 is 2.25 bits per heavy atom. The molecule has 2 aromatic rings. The van der Waals surface area contributed by atoms with E-state index in [-0.39, 0.29) is 5.84 Å². The summed E-state index contributed by atoms with van der Waals surface area (Å²) in [6.45, 7) is 2.65. The van der Waals surface area contributed by atoms with Crippen molar-refractivity contribution >= 4 is 29.7 Å². The van der Waals surface area contributed by atoms with Crippen molar-refractivity contribution in [3.63, 3.8) is 0 Å². The molecule has 0 radical (unpaired) electrons. The Morgan fingerprint density at radius 2 is 1.75 bits per heavy atom. The zero-order chi connectivity index (χ0) is 23.6. The summed E-state index contributed by atoms with van der Waals surface area (Å²) in [5.74, 6) is -2.74.